The molecule has 1 atom stereocenters. The minimum Gasteiger partial charge on any atom is -0.494 e. The summed E-state index contributed by atoms with van der Waals surface area (Å²) in [5, 5.41) is 0.737. The maximum Gasteiger partial charge on any atom is 0.153 e. The first kappa shape index (κ1) is 21.3. The van der Waals surface area contributed by atoms with Crippen LogP contribution in [0.3, 0.4) is 0 Å². The number of para-hydroxylation sites is 2. The molecule has 0 bridgehead atoms. The zero-order valence-corrected chi connectivity index (χ0v) is 18.9. The lowest BCUT2D eigenvalue weighted by Crippen LogP contribution is -2.13. The molecule has 0 N–H and O–H groups in total. The van der Waals surface area contributed by atoms with Gasteiger partial charge in [-0.05, 0) is 75.2 Å². The fourth-order valence-electron chi connectivity index (χ4n) is 3.63. The molecule has 3 aromatic carbocycles. The molecule has 0 amide bonds. The van der Waals surface area contributed by atoms with E-state index in [0.29, 0.717) is 6.61 Å². The van der Waals surface area contributed by atoms with E-state index < -0.39 is 0 Å². The molecule has 0 spiro atoms. The van der Waals surface area contributed by atoms with Gasteiger partial charge in [0.05, 0.1) is 17.6 Å². The third kappa shape index (κ3) is 5.02. The number of nitrogens with zero attached hydrogens (tertiary/aromatic N) is 2. The van der Waals surface area contributed by atoms with Crippen molar-refractivity contribution in [1.29, 1.82) is 0 Å². The van der Waals surface area contributed by atoms with Crippen LogP contribution in [-0.2, 0) is 6.54 Å². The molecule has 0 saturated heterocycles. The standard InChI is InChI=1S/C26H27ClN2O2/c1-18-9-11-21(12-10-18)30-16-6-15-29-25-8-5-4-7-24(25)28-26(29)20(3)31-22-13-14-23(27)19(2)17-22/h4-5,7-14,17,20H,6,15-16H2,1-3H3. The summed E-state index contributed by atoms with van der Waals surface area (Å²) in [6.45, 7) is 7.52. The summed E-state index contributed by atoms with van der Waals surface area (Å²) in [6, 6.07) is 22.1. The predicted octanol–water partition coefficient (Wildman–Crippen LogP) is 6.92. The number of hydrogen-bond donors (Lipinski definition) is 0. The first-order chi connectivity index (χ1) is 15.0. The summed E-state index contributed by atoms with van der Waals surface area (Å²) in [5.41, 5.74) is 4.30. The Morgan fingerprint density at radius 3 is 2.48 bits per heavy atom. The Balaban J connectivity index is 1.49. The molecule has 1 aromatic heterocycles. The van der Waals surface area contributed by atoms with Crippen LogP contribution in [0.2, 0.25) is 5.02 Å². The molecule has 0 aliphatic carbocycles. The summed E-state index contributed by atoms with van der Waals surface area (Å²) in [6.07, 6.45) is 0.666. The van der Waals surface area contributed by atoms with Crippen molar-refractivity contribution in [2.24, 2.45) is 0 Å². The van der Waals surface area contributed by atoms with Gasteiger partial charge in [-0.3, -0.25) is 0 Å². The molecular weight excluding hydrogens is 408 g/mol. The lowest BCUT2D eigenvalue weighted by molar-refractivity contribution is 0.210. The Hall–Kier alpha value is -2.98. The lowest BCUT2D eigenvalue weighted by Gasteiger charge is -2.17. The zero-order valence-electron chi connectivity index (χ0n) is 18.1. The van der Waals surface area contributed by atoms with Crippen LogP contribution < -0.4 is 9.47 Å². The van der Waals surface area contributed by atoms with E-state index in [1.165, 1.54) is 5.56 Å². The Bertz CT molecular complexity index is 1170. The van der Waals surface area contributed by atoms with Crippen LogP contribution in [0, 0.1) is 13.8 Å². The van der Waals surface area contributed by atoms with Gasteiger partial charge in [0.2, 0.25) is 0 Å². The van der Waals surface area contributed by atoms with Gasteiger partial charge in [-0.15, -0.1) is 0 Å². The molecule has 31 heavy (non-hydrogen) atoms. The molecule has 1 heterocycles. The molecule has 1 unspecified atom stereocenters. The van der Waals surface area contributed by atoms with Gasteiger partial charge < -0.3 is 14.0 Å². The smallest absolute Gasteiger partial charge is 0.153 e. The SMILES string of the molecule is Cc1ccc(OCCCn2c(C(C)Oc3ccc(Cl)c(C)c3)nc3ccccc32)cc1. The predicted molar refractivity (Wildman–Crippen MR) is 126 cm³/mol. The first-order valence-electron chi connectivity index (χ1n) is 10.6. The molecule has 0 saturated carbocycles. The normalized spacial score (nSPS) is 12.1. The second-order valence-electron chi connectivity index (χ2n) is 7.80. The van der Waals surface area contributed by atoms with E-state index in [2.05, 4.69) is 29.7 Å². The summed E-state index contributed by atoms with van der Waals surface area (Å²) in [4.78, 5) is 4.87. The first-order valence-corrected chi connectivity index (χ1v) is 11.0. The van der Waals surface area contributed by atoms with Crippen LogP contribution in [-0.4, -0.2) is 16.2 Å². The third-order valence-corrected chi connectivity index (χ3v) is 5.73. The third-order valence-electron chi connectivity index (χ3n) is 5.31. The second kappa shape index (κ2) is 9.44. The van der Waals surface area contributed by atoms with Gasteiger partial charge in [-0.25, -0.2) is 4.98 Å². The van der Waals surface area contributed by atoms with Crippen molar-refractivity contribution < 1.29 is 9.47 Å². The Kier molecular flexibility index (Phi) is 6.47. The van der Waals surface area contributed by atoms with Crippen LogP contribution in [0.15, 0.2) is 66.7 Å². The quantitative estimate of drug-likeness (QED) is 0.282. The number of imidazole rings is 1. The molecule has 0 aliphatic heterocycles. The highest BCUT2D eigenvalue weighted by Crippen LogP contribution is 2.28. The summed E-state index contributed by atoms with van der Waals surface area (Å²) >= 11 is 6.15. The van der Waals surface area contributed by atoms with Crippen molar-refractivity contribution >= 4 is 22.6 Å². The highest BCUT2D eigenvalue weighted by molar-refractivity contribution is 6.31. The zero-order chi connectivity index (χ0) is 21.8. The maximum atomic E-state index is 6.22. The molecule has 5 heteroatoms. The fraction of sp³-hybridized carbons (Fsp3) is 0.269. The average molecular weight is 435 g/mol. The monoisotopic (exact) mass is 434 g/mol. The summed E-state index contributed by atoms with van der Waals surface area (Å²) in [5.74, 6) is 2.59. The van der Waals surface area contributed by atoms with E-state index in [9.17, 15) is 0 Å². The lowest BCUT2D eigenvalue weighted by atomic mass is 10.2. The molecule has 160 valence electrons. The van der Waals surface area contributed by atoms with Crippen molar-refractivity contribution in [3.05, 3.63) is 88.7 Å². The van der Waals surface area contributed by atoms with Crippen molar-refractivity contribution in [3.63, 3.8) is 0 Å². The number of fused-ring (bicyclic) bond motifs is 1. The van der Waals surface area contributed by atoms with E-state index in [-0.39, 0.29) is 6.10 Å². The highest BCUT2D eigenvalue weighted by atomic mass is 35.5. The number of benzene rings is 3. The van der Waals surface area contributed by atoms with Gasteiger partial charge in [0.15, 0.2) is 11.9 Å². The minimum absolute atomic E-state index is 0.203. The van der Waals surface area contributed by atoms with Crippen molar-refractivity contribution in [1.82, 2.24) is 9.55 Å². The molecule has 0 radical (unpaired) electrons. The van der Waals surface area contributed by atoms with Crippen molar-refractivity contribution in [3.8, 4) is 11.5 Å². The molecule has 0 fully saturated rings. The number of hydrogen-bond acceptors (Lipinski definition) is 3. The van der Waals surface area contributed by atoms with Crippen LogP contribution in [0.25, 0.3) is 11.0 Å². The molecule has 0 aliphatic rings. The van der Waals surface area contributed by atoms with Crippen LogP contribution >= 0.6 is 11.6 Å². The van der Waals surface area contributed by atoms with E-state index in [1.807, 2.05) is 62.4 Å². The van der Waals surface area contributed by atoms with E-state index in [4.69, 9.17) is 26.1 Å². The van der Waals surface area contributed by atoms with Crippen molar-refractivity contribution in [2.75, 3.05) is 6.61 Å². The van der Waals surface area contributed by atoms with E-state index in [0.717, 1.165) is 51.9 Å². The maximum absolute atomic E-state index is 6.22. The summed E-state index contributed by atoms with van der Waals surface area (Å²) < 4.78 is 14.4. The van der Waals surface area contributed by atoms with E-state index in [1.54, 1.807) is 0 Å². The minimum atomic E-state index is -0.203. The molecular formula is C26H27ClN2O2. The Labute approximate surface area is 188 Å². The molecule has 4 aromatic rings. The average Bonchev–Trinajstić information content (AvgIpc) is 3.14. The van der Waals surface area contributed by atoms with E-state index >= 15 is 0 Å². The topological polar surface area (TPSA) is 36.3 Å². The van der Waals surface area contributed by atoms with Crippen LogP contribution in [0.4, 0.5) is 0 Å². The molecule has 4 nitrogen and oxygen atoms in total. The number of halogens is 1. The van der Waals surface area contributed by atoms with Crippen LogP contribution in [0.5, 0.6) is 11.5 Å². The van der Waals surface area contributed by atoms with Crippen LogP contribution in [0.1, 0.15) is 36.4 Å². The number of ether oxygens (including phenoxy) is 2. The van der Waals surface area contributed by atoms with Crippen molar-refractivity contribution in [2.45, 2.75) is 39.8 Å². The Morgan fingerprint density at radius 1 is 0.968 bits per heavy atom. The fourth-order valence-corrected chi connectivity index (χ4v) is 3.75. The number of rotatable bonds is 8. The number of aryl methyl sites for hydroxylation is 3. The van der Waals surface area contributed by atoms with Gasteiger partial charge in [-0.1, -0.05) is 41.4 Å². The number of aromatic nitrogens is 2. The molecule has 4 rings (SSSR count). The van der Waals surface area contributed by atoms with Gasteiger partial charge in [-0.2, -0.15) is 0 Å². The van der Waals surface area contributed by atoms with Gasteiger partial charge in [0, 0.05) is 11.6 Å². The van der Waals surface area contributed by atoms with Gasteiger partial charge in [0.25, 0.3) is 0 Å². The second-order valence-corrected chi connectivity index (χ2v) is 8.20. The summed E-state index contributed by atoms with van der Waals surface area (Å²) in [7, 11) is 0. The largest absolute Gasteiger partial charge is 0.494 e. The Morgan fingerprint density at radius 2 is 1.71 bits per heavy atom. The van der Waals surface area contributed by atoms with Gasteiger partial charge in [0.1, 0.15) is 11.5 Å². The van der Waals surface area contributed by atoms with Gasteiger partial charge >= 0.3 is 0 Å². The highest BCUT2D eigenvalue weighted by Gasteiger charge is 2.18.